The molecule has 0 saturated heterocycles. The van der Waals surface area contributed by atoms with Gasteiger partial charge in [0.25, 0.3) is 0 Å². The molecule has 0 N–H and O–H groups in total. The number of nitrogens with zero attached hydrogens (tertiary/aromatic N) is 1. The first-order valence-corrected chi connectivity index (χ1v) is 7.11. The van der Waals surface area contributed by atoms with Gasteiger partial charge in [-0.25, -0.2) is 0 Å². The fourth-order valence-electron chi connectivity index (χ4n) is 2.43. The summed E-state index contributed by atoms with van der Waals surface area (Å²) in [5.74, 6) is 0. The highest BCUT2D eigenvalue weighted by Crippen LogP contribution is 2.23. The monoisotopic (exact) mass is 279 g/mol. The lowest BCUT2D eigenvalue weighted by Gasteiger charge is -2.26. The third-order valence-electron chi connectivity index (χ3n) is 3.45. The predicted molar refractivity (Wildman–Crippen MR) is 80.7 cm³/mol. The van der Waals surface area contributed by atoms with Gasteiger partial charge in [0.15, 0.2) is 0 Å². The van der Waals surface area contributed by atoms with Crippen molar-refractivity contribution in [3.63, 3.8) is 0 Å². The molecule has 0 atom stereocenters. The van der Waals surface area contributed by atoms with Crippen molar-refractivity contribution in [3.05, 3.63) is 57.8 Å². The summed E-state index contributed by atoms with van der Waals surface area (Å²) in [7, 11) is 0. The van der Waals surface area contributed by atoms with E-state index in [-0.39, 0.29) is 12.4 Å². The molecule has 1 nitrogen and oxygen atoms in total. The molecule has 1 aromatic carbocycles. The van der Waals surface area contributed by atoms with Gasteiger partial charge in [0.2, 0.25) is 0 Å². The number of halogens is 1. The average molecular weight is 280 g/mol. The van der Waals surface area contributed by atoms with E-state index in [2.05, 4.69) is 46.7 Å². The fraction of sp³-hybridized carbons (Fsp3) is 0.333. The van der Waals surface area contributed by atoms with Crippen molar-refractivity contribution >= 4 is 23.7 Å². The quantitative estimate of drug-likeness (QED) is 0.827. The summed E-state index contributed by atoms with van der Waals surface area (Å²) in [5, 5.41) is 2.23. The zero-order chi connectivity index (χ0) is 11.5. The smallest absolute Gasteiger partial charge is 0.0245 e. The highest BCUT2D eigenvalue weighted by Gasteiger charge is 2.16. The second kappa shape index (κ2) is 6.37. The molecule has 3 heteroatoms. The summed E-state index contributed by atoms with van der Waals surface area (Å²) in [6.45, 7) is 3.55. The first-order valence-electron chi connectivity index (χ1n) is 6.23. The number of thiophene rings is 1. The van der Waals surface area contributed by atoms with Crippen molar-refractivity contribution in [3.8, 4) is 0 Å². The molecule has 96 valence electrons. The molecule has 2 aromatic rings. The van der Waals surface area contributed by atoms with Crippen LogP contribution in [0.15, 0.2) is 41.8 Å². The van der Waals surface area contributed by atoms with Crippen LogP contribution in [0.1, 0.15) is 16.0 Å². The summed E-state index contributed by atoms with van der Waals surface area (Å²) in [6, 6.07) is 13.1. The highest BCUT2D eigenvalue weighted by atomic mass is 35.5. The van der Waals surface area contributed by atoms with Gasteiger partial charge in [0.1, 0.15) is 0 Å². The van der Waals surface area contributed by atoms with Crippen LogP contribution in [0, 0.1) is 0 Å². The van der Waals surface area contributed by atoms with Crippen LogP contribution in [0.5, 0.6) is 0 Å². The van der Waals surface area contributed by atoms with Gasteiger partial charge in [-0.1, -0.05) is 30.3 Å². The predicted octanol–water partition coefficient (Wildman–Crippen LogP) is 3.77. The minimum atomic E-state index is 0. The molecular formula is C15H18ClNS. The van der Waals surface area contributed by atoms with Crippen molar-refractivity contribution in [1.82, 2.24) is 4.90 Å². The van der Waals surface area contributed by atoms with Gasteiger partial charge >= 0.3 is 0 Å². The topological polar surface area (TPSA) is 3.24 Å². The van der Waals surface area contributed by atoms with Crippen LogP contribution in [-0.2, 0) is 19.4 Å². The van der Waals surface area contributed by atoms with E-state index in [0.29, 0.717) is 0 Å². The Balaban J connectivity index is 0.00000120. The van der Waals surface area contributed by atoms with Crippen molar-refractivity contribution in [2.24, 2.45) is 0 Å². The van der Waals surface area contributed by atoms with Gasteiger partial charge in [-0.15, -0.1) is 23.7 Å². The Kier molecular flexibility index (Phi) is 4.81. The van der Waals surface area contributed by atoms with Crippen molar-refractivity contribution in [1.29, 1.82) is 0 Å². The van der Waals surface area contributed by atoms with E-state index >= 15 is 0 Å². The van der Waals surface area contributed by atoms with Crippen LogP contribution in [0.2, 0.25) is 0 Å². The van der Waals surface area contributed by atoms with E-state index in [9.17, 15) is 0 Å². The van der Waals surface area contributed by atoms with Crippen molar-refractivity contribution in [2.75, 3.05) is 13.1 Å². The normalized spacial score (nSPS) is 14.9. The highest BCUT2D eigenvalue weighted by molar-refractivity contribution is 7.10. The summed E-state index contributed by atoms with van der Waals surface area (Å²) < 4.78 is 0. The summed E-state index contributed by atoms with van der Waals surface area (Å²) in [6.07, 6.45) is 2.40. The SMILES string of the molecule is Cl.c1ccc(CCN2CCc3sccc3C2)cc1. The molecule has 0 saturated carbocycles. The molecule has 1 aliphatic heterocycles. The van der Waals surface area contributed by atoms with Crippen molar-refractivity contribution < 1.29 is 0 Å². The first-order chi connectivity index (χ1) is 8.42. The van der Waals surface area contributed by atoms with Gasteiger partial charge in [0.05, 0.1) is 0 Å². The summed E-state index contributed by atoms with van der Waals surface area (Å²) >= 11 is 1.92. The summed E-state index contributed by atoms with van der Waals surface area (Å²) in [5.41, 5.74) is 3.00. The molecule has 0 amide bonds. The molecule has 0 aliphatic carbocycles. The third kappa shape index (κ3) is 3.14. The Morgan fingerprint density at radius 1 is 1.11 bits per heavy atom. The largest absolute Gasteiger partial charge is 0.298 e. The van der Waals surface area contributed by atoms with Crippen molar-refractivity contribution in [2.45, 2.75) is 19.4 Å². The third-order valence-corrected chi connectivity index (χ3v) is 4.47. The number of benzene rings is 1. The lowest BCUT2D eigenvalue weighted by Crippen LogP contribution is -2.31. The maximum atomic E-state index is 2.57. The molecule has 1 aliphatic rings. The van der Waals surface area contributed by atoms with Gasteiger partial charge in [-0.2, -0.15) is 0 Å². The van der Waals surface area contributed by atoms with Gasteiger partial charge in [-0.05, 0) is 35.4 Å². The van der Waals surface area contributed by atoms with Gasteiger partial charge in [-0.3, -0.25) is 4.90 Å². The first kappa shape index (κ1) is 13.6. The molecule has 0 bridgehead atoms. The molecule has 0 spiro atoms. The Hall–Kier alpha value is -0.830. The van der Waals surface area contributed by atoms with E-state index in [1.54, 1.807) is 10.4 Å². The van der Waals surface area contributed by atoms with Gasteiger partial charge in [0, 0.05) is 24.5 Å². The van der Waals surface area contributed by atoms with E-state index in [4.69, 9.17) is 0 Å². The Labute approximate surface area is 119 Å². The Morgan fingerprint density at radius 2 is 1.94 bits per heavy atom. The number of hydrogen-bond donors (Lipinski definition) is 0. The molecule has 1 aromatic heterocycles. The van der Waals surface area contributed by atoms with Crippen LogP contribution in [0.3, 0.4) is 0 Å². The minimum Gasteiger partial charge on any atom is -0.298 e. The number of hydrogen-bond acceptors (Lipinski definition) is 2. The van der Waals surface area contributed by atoms with Crippen LogP contribution in [-0.4, -0.2) is 18.0 Å². The van der Waals surface area contributed by atoms with E-state index < -0.39 is 0 Å². The van der Waals surface area contributed by atoms with E-state index in [1.165, 1.54) is 31.5 Å². The van der Waals surface area contributed by atoms with E-state index in [0.717, 1.165) is 6.54 Å². The number of fused-ring (bicyclic) bond motifs is 1. The maximum Gasteiger partial charge on any atom is 0.0245 e. The van der Waals surface area contributed by atoms with Crippen LogP contribution in [0.25, 0.3) is 0 Å². The molecule has 2 heterocycles. The minimum absolute atomic E-state index is 0. The van der Waals surface area contributed by atoms with Crippen LogP contribution in [0.4, 0.5) is 0 Å². The number of rotatable bonds is 3. The Bertz CT molecular complexity index is 480. The lowest BCUT2D eigenvalue weighted by molar-refractivity contribution is 0.259. The van der Waals surface area contributed by atoms with Crippen LogP contribution >= 0.6 is 23.7 Å². The maximum absolute atomic E-state index is 2.57. The molecule has 0 unspecified atom stereocenters. The zero-order valence-corrected chi connectivity index (χ0v) is 12.0. The molecule has 18 heavy (non-hydrogen) atoms. The summed E-state index contributed by atoms with van der Waals surface area (Å²) in [4.78, 5) is 4.17. The van der Waals surface area contributed by atoms with E-state index in [1.807, 2.05) is 11.3 Å². The molecule has 0 fully saturated rings. The Morgan fingerprint density at radius 3 is 2.78 bits per heavy atom. The average Bonchev–Trinajstić information content (AvgIpc) is 2.85. The fourth-order valence-corrected chi connectivity index (χ4v) is 3.32. The van der Waals surface area contributed by atoms with Crippen LogP contribution < -0.4 is 0 Å². The standard InChI is InChI=1S/C15H17NS.ClH/c1-2-4-13(5-3-1)6-9-16-10-7-15-14(12-16)8-11-17-15;/h1-5,8,11H,6-7,9-10,12H2;1H. The van der Waals surface area contributed by atoms with Gasteiger partial charge < -0.3 is 0 Å². The zero-order valence-electron chi connectivity index (χ0n) is 10.3. The second-order valence-corrected chi connectivity index (χ2v) is 5.63. The molecule has 3 rings (SSSR count). The lowest BCUT2D eigenvalue weighted by atomic mass is 10.1. The second-order valence-electron chi connectivity index (χ2n) is 4.63. The molecule has 0 radical (unpaired) electrons. The molecular weight excluding hydrogens is 262 g/mol.